The second-order valence-corrected chi connectivity index (χ2v) is 6.33. The first-order valence-electron chi connectivity index (χ1n) is 9.18. The molecule has 7 heteroatoms. The highest BCUT2D eigenvalue weighted by Crippen LogP contribution is 2.15. The van der Waals surface area contributed by atoms with Crippen LogP contribution in [0.4, 0.5) is 5.69 Å². The SMILES string of the molecule is CCc1ccccc1NC(=O)CNC(=O)CCn1ncc(=O)c2ccccc21. The van der Waals surface area contributed by atoms with Crippen molar-refractivity contribution in [3.05, 3.63) is 70.5 Å². The van der Waals surface area contributed by atoms with Gasteiger partial charge < -0.3 is 10.6 Å². The standard InChI is InChI=1S/C21H22N4O3/c1-2-15-7-3-5-9-17(15)24-21(28)14-22-20(27)11-12-25-18-10-6-4-8-16(18)19(26)13-23-25/h3-10,13H,2,11-12,14H2,1H3,(H,22,27)(H,24,28). The monoisotopic (exact) mass is 378 g/mol. The van der Waals surface area contributed by atoms with E-state index in [1.54, 1.807) is 22.9 Å². The molecule has 0 aliphatic rings. The number of nitrogens with zero attached hydrogens (tertiary/aromatic N) is 2. The largest absolute Gasteiger partial charge is 0.347 e. The fourth-order valence-electron chi connectivity index (χ4n) is 2.96. The minimum Gasteiger partial charge on any atom is -0.347 e. The zero-order valence-corrected chi connectivity index (χ0v) is 15.6. The predicted molar refractivity (Wildman–Crippen MR) is 108 cm³/mol. The lowest BCUT2D eigenvalue weighted by atomic mass is 10.1. The third kappa shape index (κ3) is 4.62. The van der Waals surface area contributed by atoms with E-state index >= 15 is 0 Å². The molecule has 2 aromatic carbocycles. The number of carbonyl (C=O) groups is 2. The highest BCUT2D eigenvalue weighted by atomic mass is 16.2. The van der Waals surface area contributed by atoms with Crippen LogP contribution in [0, 0.1) is 0 Å². The van der Waals surface area contributed by atoms with E-state index in [0.717, 1.165) is 17.7 Å². The second-order valence-electron chi connectivity index (χ2n) is 6.33. The molecule has 1 aromatic heterocycles. The number of carbonyl (C=O) groups excluding carboxylic acids is 2. The summed E-state index contributed by atoms with van der Waals surface area (Å²) in [4.78, 5) is 36.0. The van der Waals surface area contributed by atoms with Crippen LogP contribution in [0.25, 0.3) is 10.9 Å². The zero-order valence-electron chi connectivity index (χ0n) is 15.6. The van der Waals surface area contributed by atoms with Crippen LogP contribution in [0.2, 0.25) is 0 Å². The summed E-state index contributed by atoms with van der Waals surface area (Å²) < 4.78 is 1.62. The predicted octanol–water partition coefficient (Wildman–Crippen LogP) is 2.10. The normalized spacial score (nSPS) is 10.6. The summed E-state index contributed by atoms with van der Waals surface area (Å²) in [5.41, 5.74) is 2.32. The maximum atomic E-state index is 12.1. The summed E-state index contributed by atoms with van der Waals surface area (Å²) in [6, 6.07) is 14.7. The number of amides is 2. The summed E-state index contributed by atoms with van der Waals surface area (Å²) in [6.45, 7) is 2.23. The molecular weight excluding hydrogens is 356 g/mol. The van der Waals surface area contributed by atoms with Gasteiger partial charge in [0.15, 0.2) is 0 Å². The Hall–Kier alpha value is -3.48. The molecule has 0 saturated carbocycles. The number of anilines is 1. The van der Waals surface area contributed by atoms with Crippen LogP contribution in [0.1, 0.15) is 18.9 Å². The van der Waals surface area contributed by atoms with Gasteiger partial charge in [-0.1, -0.05) is 37.3 Å². The molecule has 0 saturated heterocycles. The first kappa shape index (κ1) is 19.3. The van der Waals surface area contributed by atoms with Crippen molar-refractivity contribution < 1.29 is 9.59 Å². The Balaban J connectivity index is 1.53. The number of benzene rings is 2. The first-order valence-corrected chi connectivity index (χ1v) is 9.18. The van der Waals surface area contributed by atoms with Crippen molar-refractivity contribution in [1.82, 2.24) is 15.1 Å². The highest BCUT2D eigenvalue weighted by Gasteiger charge is 2.09. The van der Waals surface area contributed by atoms with Crippen LogP contribution in [-0.4, -0.2) is 28.1 Å². The topological polar surface area (TPSA) is 93.1 Å². The molecule has 0 aliphatic heterocycles. The number of aromatic nitrogens is 2. The van der Waals surface area contributed by atoms with Crippen molar-refractivity contribution in [3.8, 4) is 0 Å². The van der Waals surface area contributed by atoms with Crippen LogP contribution >= 0.6 is 0 Å². The van der Waals surface area contributed by atoms with Crippen molar-refractivity contribution in [2.45, 2.75) is 26.3 Å². The lowest BCUT2D eigenvalue weighted by Gasteiger charge is -2.11. The van der Waals surface area contributed by atoms with Gasteiger partial charge in [0.1, 0.15) is 0 Å². The summed E-state index contributed by atoms with van der Waals surface area (Å²) in [5, 5.41) is 10.1. The van der Waals surface area contributed by atoms with E-state index in [1.807, 2.05) is 37.3 Å². The van der Waals surface area contributed by atoms with Gasteiger partial charge in [0.25, 0.3) is 0 Å². The third-order valence-corrected chi connectivity index (χ3v) is 4.43. The number of rotatable bonds is 7. The average Bonchev–Trinajstić information content (AvgIpc) is 2.72. The van der Waals surface area contributed by atoms with E-state index in [0.29, 0.717) is 17.4 Å². The van der Waals surface area contributed by atoms with E-state index in [-0.39, 0.29) is 30.2 Å². The minimum absolute atomic E-state index is 0.102. The summed E-state index contributed by atoms with van der Waals surface area (Å²) >= 11 is 0. The Morgan fingerprint density at radius 1 is 1.04 bits per heavy atom. The molecule has 2 amide bonds. The van der Waals surface area contributed by atoms with E-state index < -0.39 is 0 Å². The average molecular weight is 378 g/mol. The van der Waals surface area contributed by atoms with Crippen LogP contribution < -0.4 is 16.1 Å². The molecule has 28 heavy (non-hydrogen) atoms. The van der Waals surface area contributed by atoms with Crippen molar-refractivity contribution in [1.29, 1.82) is 0 Å². The Morgan fingerprint density at radius 2 is 1.79 bits per heavy atom. The van der Waals surface area contributed by atoms with Gasteiger partial charge in [0.05, 0.1) is 24.8 Å². The summed E-state index contributed by atoms with van der Waals surface area (Å²) in [7, 11) is 0. The molecule has 1 heterocycles. The minimum atomic E-state index is -0.277. The number of para-hydroxylation sites is 2. The number of hydrogen-bond acceptors (Lipinski definition) is 4. The van der Waals surface area contributed by atoms with Gasteiger partial charge >= 0.3 is 0 Å². The van der Waals surface area contributed by atoms with E-state index in [4.69, 9.17) is 0 Å². The lowest BCUT2D eigenvalue weighted by molar-refractivity contribution is -0.124. The molecular formula is C21H22N4O3. The molecule has 0 bridgehead atoms. The molecule has 0 spiro atoms. The number of hydrogen-bond donors (Lipinski definition) is 2. The van der Waals surface area contributed by atoms with Crippen LogP contribution in [0.5, 0.6) is 0 Å². The Morgan fingerprint density at radius 3 is 2.61 bits per heavy atom. The fraction of sp³-hybridized carbons (Fsp3) is 0.238. The van der Waals surface area contributed by atoms with Crippen molar-refractivity contribution >= 4 is 28.4 Å². The van der Waals surface area contributed by atoms with Crippen LogP contribution in [0.15, 0.2) is 59.5 Å². The molecule has 7 nitrogen and oxygen atoms in total. The van der Waals surface area contributed by atoms with Gasteiger partial charge in [-0.3, -0.25) is 19.1 Å². The molecule has 0 aliphatic carbocycles. The van der Waals surface area contributed by atoms with Crippen molar-refractivity contribution in [2.24, 2.45) is 0 Å². The van der Waals surface area contributed by atoms with Gasteiger partial charge in [-0.25, -0.2) is 0 Å². The quantitative estimate of drug-likeness (QED) is 0.658. The van der Waals surface area contributed by atoms with Gasteiger partial charge in [0.2, 0.25) is 17.2 Å². The number of aryl methyl sites for hydroxylation is 2. The van der Waals surface area contributed by atoms with E-state index in [1.165, 1.54) is 6.20 Å². The van der Waals surface area contributed by atoms with Crippen LogP contribution in [0.3, 0.4) is 0 Å². The van der Waals surface area contributed by atoms with Crippen LogP contribution in [-0.2, 0) is 22.6 Å². The number of nitrogens with one attached hydrogen (secondary N) is 2. The van der Waals surface area contributed by atoms with Crippen molar-refractivity contribution in [2.75, 3.05) is 11.9 Å². The highest BCUT2D eigenvalue weighted by molar-refractivity contribution is 5.95. The summed E-state index contributed by atoms with van der Waals surface area (Å²) in [5.74, 6) is -0.537. The maximum Gasteiger partial charge on any atom is 0.243 e. The molecule has 2 N–H and O–H groups in total. The zero-order chi connectivity index (χ0) is 19.9. The molecule has 3 aromatic rings. The molecule has 0 atom stereocenters. The number of fused-ring (bicyclic) bond motifs is 1. The summed E-state index contributed by atoms with van der Waals surface area (Å²) in [6.07, 6.45) is 2.21. The lowest BCUT2D eigenvalue weighted by Crippen LogP contribution is -2.33. The van der Waals surface area contributed by atoms with Gasteiger partial charge in [-0.05, 0) is 30.2 Å². The molecule has 3 rings (SSSR count). The van der Waals surface area contributed by atoms with Gasteiger partial charge in [0, 0.05) is 17.5 Å². The second kappa shape index (κ2) is 8.94. The smallest absolute Gasteiger partial charge is 0.243 e. The Bertz CT molecular complexity index is 1060. The molecule has 0 fully saturated rings. The molecule has 0 radical (unpaired) electrons. The molecule has 144 valence electrons. The Kier molecular flexibility index (Phi) is 6.16. The van der Waals surface area contributed by atoms with Crippen molar-refractivity contribution in [3.63, 3.8) is 0 Å². The van der Waals surface area contributed by atoms with E-state index in [2.05, 4.69) is 15.7 Å². The van der Waals surface area contributed by atoms with Gasteiger partial charge in [-0.2, -0.15) is 5.10 Å². The maximum absolute atomic E-state index is 12.1. The van der Waals surface area contributed by atoms with Gasteiger partial charge in [-0.15, -0.1) is 0 Å². The van der Waals surface area contributed by atoms with E-state index in [9.17, 15) is 14.4 Å². The first-order chi connectivity index (χ1) is 13.6. The Labute approximate surface area is 162 Å². The molecule has 0 unspecified atom stereocenters. The fourth-order valence-corrected chi connectivity index (χ4v) is 2.96. The third-order valence-electron chi connectivity index (χ3n) is 4.43.